The minimum absolute atomic E-state index is 0.0794. The molecule has 1 atom stereocenters. The van der Waals surface area contributed by atoms with Gasteiger partial charge in [-0.1, -0.05) is 298 Å². The Labute approximate surface area is 477 Å². The van der Waals surface area contributed by atoms with Crippen LogP contribution in [0.2, 0.25) is 0 Å². The maximum Gasteiger partial charge on any atom is 0.306 e. The quantitative estimate of drug-likeness (QED) is 0.0261. The molecule has 0 aromatic heterocycles. The lowest BCUT2D eigenvalue weighted by Crippen LogP contribution is -2.30. The molecule has 0 aliphatic heterocycles. The summed E-state index contributed by atoms with van der Waals surface area (Å²) in [6.07, 6.45) is 86.0. The van der Waals surface area contributed by atoms with Crippen LogP contribution in [-0.2, 0) is 28.6 Å². The fraction of sp³-hybridized carbons (Fsp3) is 0.761. The predicted octanol–water partition coefficient (Wildman–Crippen LogP) is 22.7. The van der Waals surface area contributed by atoms with Gasteiger partial charge in [-0.3, -0.25) is 14.4 Å². The minimum atomic E-state index is -0.783. The molecule has 0 aliphatic carbocycles. The summed E-state index contributed by atoms with van der Waals surface area (Å²) in [6.45, 7) is 6.53. The molecule has 1 unspecified atom stereocenters. The second-order valence-corrected chi connectivity index (χ2v) is 22.0. The number of carbonyl (C=O) groups is 3. The average molecular weight is 1070 g/mol. The van der Waals surface area contributed by atoms with E-state index in [9.17, 15) is 14.4 Å². The summed E-state index contributed by atoms with van der Waals surface area (Å²) >= 11 is 0. The van der Waals surface area contributed by atoms with Crippen molar-refractivity contribution < 1.29 is 28.6 Å². The van der Waals surface area contributed by atoms with E-state index >= 15 is 0 Å². The third-order valence-corrected chi connectivity index (χ3v) is 14.4. The molecule has 0 saturated heterocycles. The second-order valence-electron chi connectivity index (χ2n) is 22.0. The zero-order valence-corrected chi connectivity index (χ0v) is 51.0. The highest BCUT2D eigenvalue weighted by Crippen LogP contribution is 2.17. The van der Waals surface area contributed by atoms with Gasteiger partial charge in [-0.25, -0.2) is 0 Å². The monoisotopic (exact) mass is 1070 g/mol. The van der Waals surface area contributed by atoms with Crippen molar-refractivity contribution >= 4 is 17.9 Å². The number of esters is 3. The van der Waals surface area contributed by atoms with E-state index in [-0.39, 0.29) is 31.1 Å². The van der Waals surface area contributed by atoms with E-state index < -0.39 is 6.10 Å². The summed E-state index contributed by atoms with van der Waals surface area (Å²) in [5.41, 5.74) is 0. The molecular weight excluding hydrogens is 949 g/mol. The smallest absolute Gasteiger partial charge is 0.306 e. The van der Waals surface area contributed by atoms with Gasteiger partial charge in [-0.15, -0.1) is 0 Å². The van der Waals surface area contributed by atoms with Crippen LogP contribution < -0.4 is 0 Å². The Bertz CT molecular complexity index is 1470. The van der Waals surface area contributed by atoms with Crippen molar-refractivity contribution in [1.82, 2.24) is 0 Å². The SMILES string of the molecule is CC/C=C\C/C=C\C/C=C\C/C=C\CCCCCCCCC(=O)OC(COC(=O)CCCCCCCCCCCCC)COC(=O)CCCCCCCCCCCCCCCC/C=C\C/C=C\C/C=C\CCCCCCC. The molecule has 6 heteroatoms. The Kier molecular flexibility index (Phi) is 62.2. The van der Waals surface area contributed by atoms with Crippen molar-refractivity contribution in [2.45, 2.75) is 335 Å². The van der Waals surface area contributed by atoms with Gasteiger partial charge in [-0.05, 0) is 96.3 Å². The fourth-order valence-electron chi connectivity index (χ4n) is 9.44. The number of allylic oxidation sites excluding steroid dienone is 14. The molecular formula is C71H124O6. The van der Waals surface area contributed by atoms with Gasteiger partial charge in [0, 0.05) is 19.3 Å². The molecule has 6 nitrogen and oxygen atoms in total. The highest BCUT2D eigenvalue weighted by atomic mass is 16.6. The van der Waals surface area contributed by atoms with Crippen LogP contribution in [0.25, 0.3) is 0 Å². The van der Waals surface area contributed by atoms with Crippen molar-refractivity contribution in [1.29, 1.82) is 0 Å². The average Bonchev–Trinajstić information content (AvgIpc) is 3.43. The first-order valence-electron chi connectivity index (χ1n) is 33.1. The predicted molar refractivity (Wildman–Crippen MR) is 334 cm³/mol. The first kappa shape index (κ1) is 73.6. The molecule has 0 spiro atoms. The first-order chi connectivity index (χ1) is 38.0. The summed E-state index contributed by atoms with van der Waals surface area (Å²) in [4.78, 5) is 38.3. The first-order valence-corrected chi connectivity index (χ1v) is 33.1. The highest BCUT2D eigenvalue weighted by molar-refractivity contribution is 5.71. The van der Waals surface area contributed by atoms with Gasteiger partial charge in [0.05, 0.1) is 0 Å². The molecule has 0 bridgehead atoms. The molecule has 444 valence electrons. The molecule has 0 rings (SSSR count). The fourth-order valence-corrected chi connectivity index (χ4v) is 9.44. The van der Waals surface area contributed by atoms with E-state index in [1.54, 1.807) is 0 Å². The topological polar surface area (TPSA) is 78.9 Å². The summed E-state index contributed by atoms with van der Waals surface area (Å²) < 4.78 is 16.9. The molecule has 0 N–H and O–H groups in total. The Morgan fingerprint density at radius 3 is 0.792 bits per heavy atom. The van der Waals surface area contributed by atoms with Crippen LogP contribution in [0.5, 0.6) is 0 Å². The van der Waals surface area contributed by atoms with Crippen molar-refractivity contribution in [3.63, 3.8) is 0 Å². The molecule has 0 aromatic rings. The number of hydrogen-bond donors (Lipinski definition) is 0. The van der Waals surface area contributed by atoms with E-state index in [0.29, 0.717) is 19.3 Å². The molecule has 0 aliphatic rings. The Morgan fingerprint density at radius 1 is 0.273 bits per heavy atom. The molecule has 0 saturated carbocycles. The molecule has 0 heterocycles. The van der Waals surface area contributed by atoms with Gasteiger partial charge in [0.15, 0.2) is 6.10 Å². The maximum atomic E-state index is 12.9. The van der Waals surface area contributed by atoms with Crippen LogP contribution in [-0.4, -0.2) is 37.2 Å². The lowest BCUT2D eigenvalue weighted by molar-refractivity contribution is -0.167. The largest absolute Gasteiger partial charge is 0.462 e. The summed E-state index contributed by atoms with van der Waals surface area (Å²) in [5, 5.41) is 0. The van der Waals surface area contributed by atoms with E-state index in [2.05, 4.69) is 106 Å². The number of ether oxygens (including phenoxy) is 3. The Balaban J connectivity index is 4.22. The number of carbonyl (C=O) groups excluding carboxylic acids is 3. The van der Waals surface area contributed by atoms with Gasteiger partial charge < -0.3 is 14.2 Å². The molecule has 0 aromatic carbocycles. The Hall–Kier alpha value is -3.41. The normalized spacial score (nSPS) is 12.6. The van der Waals surface area contributed by atoms with E-state index in [0.717, 1.165) is 109 Å². The summed E-state index contributed by atoms with van der Waals surface area (Å²) in [6, 6.07) is 0. The third-order valence-electron chi connectivity index (χ3n) is 14.4. The standard InChI is InChI=1S/C71H124O6/c1-4-7-10-13-16-19-22-24-26-28-30-31-32-33-34-35-36-37-38-39-41-42-44-46-49-52-55-58-61-64-70(73)76-67-68(66-75-69(72)63-60-57-54-51-48-21-18-15-12-9-6-3)77-71(74)65-62-59-56-53-50-47-45-43-40-29-27-25-23-20-17-14-11-8-5-2/h8,11,17,20,22,24-25,27-28,30,32-33,40,43,68H,4-7,9-10,12-16,18-19,21,23,26,29,31,34-39,41-42,44-67H2,1-3H3/b11-8-,20-17-,24-22-,27-25-,30-28-,33-32-,43-40-. The zero-order valence-electron chi connectivity index (χ0n) is 51.0. The van der Waals surface area contributed by atoms with Crippen molar-refractivity contribution in [2.75, 3.05) is 13.2 Å². The summed E-state index contributed by atoms with van der Waals surface area (Å²) in [5.74, 6) is -0.882. The van der Waals surface area contributed by atoms with Crippen LogP contribution in [0.15, 0.2) is 85.1 Å². The molecule has 0 amide bonds. The van der Waals surface area contributed by atoms with Gasteiger partial charge in [-0.2, -0.15) is 0 Å². The zero-order chi connectivity index (χ0) is 55.7. The van der Waals surface area contributed by atoms with Crippen LogP contribution in [0.4, 0.5) is 0 Å². The lowest BCUT2D eigenvalue weighted by Gasteiger charge is -2.18. The molecule has 0 fully saturated rings. The highest BCUT2D eigenvalue weighted by Gasteiger charge is 2.19. The summed E-state index contributed by atoms with van der Waals surface area (Å²) in [7, 11) is 0. The van der Waals surface area contributed by atoms with Gasteiger partial charge in [0.25, 0.3) is 0 Å². The van der Waals surface area contributed by atoms with Gasteiger partial charge in [0.1, 0.15) is 13.2 Å². The van der Waals surface area contributed by atoms with Crippen molar-refractivity contribution in [3.8, 4) is 0 Å². The minimum Gasteiger partial charge on any atom is -0.462 e. The molecule has 0 radical (unpaired) electrons. The van der Waals surface area contributed by atoms with Crippen LogP contribution >= 0.6 is 0 Å². The number of unbranched alkanes of at least 4 members (excludes halogenated alkanes) is 35. The van der Waals surface area contributed by atoms with Gasteiger partial charge in [0.2, 0.25) is 0 Å². The van der Waals surface area contributed by atoms with E-state index in [1.165, 1.54) is 180 Å². The van der Waals surface area contributed by atoms with E-state index in [4.69, 9.17) is 14.2 Å². The number of hydrogen-bond acceptors (Lipinski definition) is 6. The van der Waals surface area contributed by atoms with Gasteiger partial charge >= 0.3 is 17.9 Å². The lowest BCUT2D eigenvalue weighted by atomic mass is 10.0. The van der Waals surface area contributed by atoms with Crippen LogP contribution in [0, 0.1) is 0 Å². The Morgan fingerprint density at radius 2 is 0.506 bits per heavy atom. The van der Waals surface area contributed by atoms with Crippen LogP contribution in [0.3, 0.4) is 0 Å². The van der Waals surface area contributed by atoms with Crippen molar-refractivity contribution in [2.24, 2.45) is 0 Å². The van der Waals surface area contributed by atoms with Crippen LogP contribution in [0.1, 0.15) is 329 Å². The molecule has 77 heavy (non-hydrogen) atoms. The number of rotatable bonds is 60. The second kappa shape index (κ2) is 65.1. The maximum absolute atomic E-state index is 12.9. The van der Waals surface area contributed by atoms with E-state index in [1.807, 2.05) is 0 Å². The van der Waals surface area contributed by atoms with Crippen molar-refractivity contribution in [3.05, 3.63) is 85.1 Å². The third kappa shape index (κ3) is 63.3.